The van der Waals surface area contributed by atoms with Crippen LogP contribution in [0.2, 0.25) is 0 Å². The zero-order chi connectivity index (χ0) is 27.1. The summed E-state index contributed by atoms with van der Waals surface area (Å²) in [7, 11) is 0. The van der Waals surface area contributed by atoms with Crippen LogP contribution < -0.4 is 11.1 Å². The average Bonchev–Trinajstić information content (AvgIpc) is 2.85. The highest BCUT2D eigenvalue weighted by molar-refractivity contribution is 5.94. The van der Waals surface area contributed by atoms with Crippen molar-refractivity contribution in [3.05, 3.63) is 71.0 Å². The van der Waals surface area contributed by atoms with E-state index in [4.69, 9.17) is 5.73 Å². The van der Waals surface area contributed by atoms with Crippen LogP contribution in [0.1, 0.15) is 50.3 Å². The van der Waals surface area contributed by atoms with E-state index in [9.17, 15) is 18.8 Å². The van der Waals surface area contributed by atoms with Crippen LogP contribution >= 0.6 is 0 Å². The third-order valence-electron chi connectivity index (χ3n) is 6.72. The van der Waals surface area contributed by atoms with Gasteiger partial charge in [0, 0.05) is 25.6 Å². The van der Waals surface area contributed by atoms with E-state index < -0.39 is 18.1 Å². The maximum Gasteiger partial charge on any atom is 0.246 e. The van der Waals surface area contributed by atoms with Crippen molar-refractivity contribution in [1.82, 2.24) is 15.1 Å². The summed E-state index contributed by atoms with van der Waals surface area (Å²) in [5.74, 6) is -1.09. The predicted molar refractivity (Wildman–Crippen MR) is 142 cm³/mol. The number of benzene rings is 2. The number of nitrogens with two attached hydrogens (primary N) is 1. The summed E-state index contributed by atoms with van der Waals surface area (Å²) in [6.07, 6.45) is 1.82. The molecule has 1 fully saturated rings. The summed E-state index contributed by atoms with van der Waals surface area (Å²) in [6.45, 7) is 8.29. The summed E-state index contributed by atoms with van der Waals surface area (Å²) in [4.78, 5) is 43.6. The normalized spacial score (nSPS) is 17.6. The summed E-state index contributed by atoms with van der Waals surface area (Å²) >= 11 is 0. The van der Waals surface area contributed by atoms with Crippen molar-refractivity contribution < 1.29 is 18.8 Å². The van der Waals surface area contributed by atoms with Crippen LogP contribution in [0.15, 0.2) is 48.5 Å². The molecule has 2 aromatic rings. The maximum absolute atomic E-state index is 13.8. The standard InChI is InChI=1S/C29H39FN4O3/c1-5-6-25-29(37)34(26(27(35)32-19(2)3)18-22-9-7-20(4)8-10-22)16-15-33(25)28(36)24(31)17-21-11-13-23(30)14-12-21/h7-14,19,24-26H,5-6,15-18,31H2,1-4H3,(H,32,35). The Balaban J connectivity index is 1.81. The first-order chi connectivity index (χ1) is 17.6. The fourth-order valence-corrected chi connectivity index (χ4v) is 4.78. The van der Waals surface area contributed by atoms with E-state index >= 15 is 0 Å². The fourth-order valence-electron chi connectivity index (χ4n) is 4.78. The van der Waals surface area contributed by atoms with Crippen LogP contribution in [-0.2, 0) is 27.2 Å². The number of halogens is 1. The van der Waals surface area contributed by atoms with E-state index in [1.165, 1.54) is 12.1 Å². The van der Waals surface area contributed by atoms with Gasteiger partial charge in [-0.1, -0.05) is 55.3 Å². The number of carbonyl (C=O) groups excluding carboxylic acids is 3. The molecule has 0 radical (unpaired) electrons. The average molecular weight is 511 g/mol. The number of rotatable bonds is 10. The molecule has 1 aliphatic heterocycles. The molecule has 1 aliphatic rings. The van der Waals surface area contributed by atoms with Crippen molar-refractivity contribution in [2.75, 3.05) is 13.1 Å². The highest BCUT2D eigenvalue weighted by atomic mass is 19.1. The van der Waals surface area contributed by atoms with Gasteiger partial charge in [0.1, 0.15) is 17.9 Å². The molecular weight excluding hydrogens is 471 g/mol. The van der Waals surface area contributed by atoms with Gasteiger partial charge in [0.05, 0.1) is 6.04 Å². The van der Waals surface area contributed by atoms with Crippen LogP contribution in [0.5, 0.6) is 0 Å². The number of carbonyl (C=O) groups is 3. The minimum atomic E-state index is -0.850. The number of amides is 3. The summed E-state index contributed by atoms with van der Waals surface area (Å²) in [6, 6.07) is 11.6. The molecule has 37 heavy (non-hydrogen) atoms. The molecule has 0 spiro atoms. The lowest BCUT2D eigenvalue weighted by atomic mass is 9.97. The van der Waals surface area contributed by atoms with Crippen LogP contribution in [0.25, 0.3) is 0 Å². The molecule has 3 amide bonds. The van der Waals surface area contributed by atoms with Gasteiger partial charge < -0.3 is 20.9 Å². The minimum absolute atomic E-state index is 0.0677. The first-order valence-corrected chi connectivity index (χ1v) is 13.1. The van der Waals surface area contributed by atoms with Crippen molar-refractivity contribution in [2.45, 2.75) is 77.5 Å². The number of hydrogen-bond donors (Lipinski definition) is 2. The Bertz CT molecular complexity index is 1070. The SMILES string of the molecule is CCCC1C(=O)N(C(Cc2ccc(C)cc2)C(=O)NC(C)C)CCN1C(=O)C(N)Cc1ccc(F)cc1. The molecule has 7 nitrogen and oxygen atoms in total. The maximum atomic E-state index is 13.8. The topological polar surface area (TPSA) is 95.7 Å². The smallest absolute Gasteiger partial charge is 0.246 e. The molecule has 0 aromatic heterocycles. The molecule has 1 heterocycles. The highest BCUT2D eigenvalue weighted by Crippen LogP contribution is 2.22. The van der Waals surface area contributed by atoms with Gasteiger partial charge in [-0.3, -0.25) is 14.4 Å². The van der Waals surface area contributed by atoms with Gasteiger partial charge in [-0.25, -0.2) is 4.39 Å². The lowest BCUT2D eigenvalue weighted by Crippen LogP contribution is -2.65. The molecule has 3 N–H and O–H groups in total. The molecule has 0 aliphatic carbocycles. The Morgan fingerprint density at radius 1 is 1.03 bits per heavy atom. The minimum Gasteiger partial charge on any atom is -0.352 e. The number of nitrogens with zero attached hydrogens (tertiary/aromatic N) is 2. The van der Waals surface area contributed by atoms with Crippen LogP contribution in [0.3, 0.4) is 0 Å². The summed E-state index contributed by atoms with van der Waals surface area (Å²) < 4.78 is 13.3. The van der Waals surface area contributed by atoms with Gasteiger partial charge in [-0.15, -0.1) is 0 Å². The Hall–Kier alpha value is -3.26. The summed E-state index contributed by atoms with van der Waals surface area (Å²) in [5, 5.41) is 2.96. The Morgan fingerprint density at radius 3 is 2.22 bits per heavy atom. The molecule has 0 saturated carbocycles. The molecular formula is C29H39FN4O3. The number of nitrogens with one attached hydrogen (secondary N) is 1. The van der Waals surface area contributed by atoms with E-state index in [1.807, 2.05) is 52.0 Å². The van der Waals surface area contributed by atoms with Crippen molar-refractivity contribution in [1.29, 1.82) is 0 Å². The largest absolute Gasteiger partial charge is 0.352 e. The highest BCUT2D eigenvalue weighted by Gasteiger charge is 2.42. The van der Waals surface area contributed by atoms with E-state index in [-0.39, 0.29) is 42.5 Å². The van der Waals surface area contributed by atoms with Crippen LogP contribution in [0.4, 0.5) is 4.39 Å². The number of piperazine rings is 1. The molecule has 8 heteroatoms. The lowest BCUT2D eigenvalue weighted by Gasteiger charge is -2.44. The van der Waals surface area contributed by atoms with Gasteiger partial charge in [-0.2, -0.15) is 0 Å². The van der Waals surface area contributed by atoms with E-state index in [1.54, 1.807) is 21.9 Å². The zero-order valence-electron chi connectivity index (χ0n) is 22.2. The van der Waals surface area contributed by atoms with Crippen molar-refractivity contribution in [3.63, 3.8) is 0 Å². The second kappa shape index (κ2) is 12.8. The molecule has 200 valence electrons. The molecule has 2 aromatic carbocycles. The Labute approximate surface area is 219 Å². The second-order valence-electron chi connectivity index (χ2n) is 10.2. The molecule has 3 unspecified atom stereocenters. The van der Waals surface area contributed by atoms with E-state index in [0.29, 0.717) is 25.8 Å². The first kappa shape index (κ1) is 28.3. The van der Waals surface area contributed by atoms with Crippen LogP contribution in [-0.4, -0.2) is 64.8 Å². The number of aryl methyl sites for hydroxylation is 1. The van der Waals surface area contributed by atoms with Gasteiger partial charge in [-0.05, 0) is 56.9 Å². The quantitative estimate of drug-likeness (QED) is 0.514. The third kappa shape index (κ3) is 7.38. The van der Waals surface area contributed by atoms with E-state index in [2.05, 4.69) is 5.32 Å². The Kier molecular flexibility index (Phi) is 9.80. The second-order valence-corrected chi connectivity index (χ2v) is 10.2. The molecule has 3 rings (SSSR count). The van der Waals surface area contributed by atoms with E-state index in [0.717, 1.165) is 16.7 Å². The predicted octanol–water partition coefficient (Wildman–Crippen LogP) is 2.98. The van der Waals surface area contributed by atoms with Crippen LogP contribution in [0, 0.1) is 12.7 Å². The van der Waals surface area contributed by atoms with Crippen molar-refractivity contribution in [3.8, 4) is 0 Å². The lowest BCUT2D eigenvalue weighted by molar-refractivity contribution is -0.156. The zero-order valence-corrected chi connectivity index (χ0v) is 22.2. The van der Waals surface area contributed by atoms with Crippen molar-refractivity contribution >= 4 is 17.7 Å². The Morgan fingerprint density at radius 2 is 1.62 bits per heavy atom. The molecule has 3 atom stereocenters. The molecule has 0 bridgehead atoms. The van der Waals surface area contributed by atoms with Gasteiger partial charge in [0.15, 0.2) is 0 Å². The van der Waals surface area contributed by atoms with Gasteiger partial charge in [0.2, 0.25) is 17.7 Å². The fraction of sp³-hybridized carbons (Fsp3) is 0.483. The third-order valence-corrected chi connectivity index (χ3v) is 6.72. The number of hydrogen-bond acceptors (Lipinski definition) is 4. The first-order valence-electron chi connectivity index (χ1n) is 13.1. The van der Waals surface area contributed by atoms with Gasteiger partial charge in [0.25, 0.3) is 0 Å². The van der Waals surface area contributed by atoms with Crippen molar-refractivity contribution in [2.24, 2.45) is 5.73 Å². The monoisotopic (exact) mass is 510 g/mol. The summed E-state index contributed by atoms with van der Waals surface area (Å²) in [5.41, 5.74) is 9.10. The molecule has 1 saturated heterocycles. The van der Waals surface area contributed by atoms with Gasteiger partial charge >= 0.3 is 0 Å².